The van der Waals surface area contributed by atoms with Crippen LogP contribution in [-0.4, -0.2) is 55.7 Å². The Balaban J connectivity index is 1.19. The van der Waals surface area contributed by atoms with Gasteiger partial charge in [-0.05, 0) is 61.4 Å². The Bertz CT molecular complexity index is 1150. The van der Waals surface area contributed by atoms with Gasteiger partial charge in [0.2, 0.25) is 6.10 Å². The zero-order valence-electron chi connectivity index (χ0n) is 19.1. The number of piperidine rings is 1. The first-order chi connectivity index (χ1) is 16.0. The fourth-order valence-electron chi connectivity index (χ4n) is 4.93. The van der Waals surface area contributed by atoms with Gasteiger partial charge in [-0.2, -0.15) is 0 Å². The van der Waals surface area contributed by atoms with Crippen LogP contribution in [0.5, 0.6) is 11.5 Å². The van der Waals surface area contributed by atoms with E-state index < -0.39 is 6.10 Å². The quantitative estimate of drug-likeness (QED) is 0.580. The van der Waals surface area contributed by atoms with Crippen LogP contribution >= 0.6 is 11.6 Å². The van der Waals surface area contributed by atoms with E-state index in [4.69, 9.17) is 21.1 Å². The lowest BCUT2D eigenvalue weighted by atomic mass is 9.90. The average molecular weight is 468 g/mol. The molecule has 1 aromatic heterocycles. The molecular weight excluding hydrogens is 438 g/mol. The van der Waals surface area contributed by atoms with Gasteiger partial charge >= 0.3 is 0 Å². The number of aryl methyl sites for hydroxylation is 1. The third kappa shape index (κ3) is 4.49. The molecule has 3 aromatic rings. The number of rotatable bonds is 5. The third-order valence-electron chi connectivity index (χ3n) is 6.83. The van der Waals surface area contributed by atoms with E-state index in [0.717, 1.165) is 54.3 Å². The van der Waals surface area contributed by atoms with Crippen LogP contribution in [0.2, 0.25) is 5.02 Å². The maximum absolute atomic E-state index is 12.3. The van der Waals surface area contributed by atoms with Crippen molar-refractivity contribution in [1.82, 2.24) is 9.88 Å². The van der Waals surface area contributed by atoms with Crippen molar-refractivity contribution in [2.75, 3.05) is 38.7 Å². The van der Waals surface area contributed by atoms with Crippen LogP contribution in [0.15, 0.2) is 42.6 Å². The normalized spacial score (nSPS) is 18.5. The molecule has 1 amide bonds. The third-order valence-corrected chi connectivity index (χ3v) is 7.06. The first-order valence-corrected chi connectivity index (χ1v) is 12.0. The highest BCUT2D eigenvalue weighted by Crippen LogP contribution is 2.42. The molecule has 0 bridgehead atoms. The number of para-hydroxylation sites is 1. The van der Waals surface area contributed by atoms with Crippen molar-refractivity contribution in [3.05, 3.63) is 53.2 Å². The van der Waals surface area contributed by atoms with Gasteiger partial charge in [0.1, 0.15) is 6.61 Å². The molecule has 1 unspecified atom stereocenters. The van der Waals surface area contributed by atoms with Gasteiger partial charge in [-0.3, -0.25) is 4.79 Å². The number of hydrogen-bond donors (Lipinski definition) is 1. The lowest BCUT2D eigenvalue weighted by Gasteiger charge is -2.36. The van der Waals surface area contributed by atoms with Gasteiger partial charge in [-0.25, -0.2) is 0 Å². The lowest BCUT2D eigenvalue weighted by molar-refractivity contribution is -0.138. The van der Waals surface area contributed by atoms with Gasteiger partial charge < -0.3 is 24.3 Å². The van der Waals surface area contributed by atoms with E-state index in [2.05, 4.69) is 28.2 Å². The van der Waals surface area contributed by atoms with Crippen LogP contribution in [0.25, 0.3) is 10.9 Å². The van der Waals surface area contributed by atoms with Gasteiger partial charge in [-0.1, -0.05) is 23.7 Å². The Kier molecular flexibility index (Phi) is 6.11. The fraction of sp³-hybridized carbons (Fsp3) is 0.423. The number of hydrogen-bond acceptors (Lipinski definition) is 4. The molecule has 6 nitrogen and oxygen atoms in total. The predicted molar refractivity (Wildman–Crippen MR) is 132 cm³/mol. The molecule has 2 aromatic carbocycles. The topological polar surface area (TPSA) is 57.8 Å². The van der Waals surface area contributed by atoms with Crippen LogP contribution in [-0.2, 0) is 11.2 Å². The minimum absolute atomic E-state index is 0.0786. The van der Waals surface area contributed by atoms with Crippen molar-refractivity contribution in [3.63, 3.8) is 0 Å². The van der Waals surface area contributed by atoms with Gasteiger partial charge in [0.15, 0.2) is 11.5 Å². The number of nitrogens with one attached hydrogen (secondary N) is 1. The molecule has 1 N–H and O–H groups in total. The minimum atomic E-state index is -0.589. The standard InChI is InChI=1S/C26H30ClN3O3/c1-29(2)26(31)24-16-32-25-22(4-3-5-23(25)33-24)30-12-10-17(11-13-30)6-7-18-15-28-21-14-19(27)8-9-20(18)21/h3-5,8-9,14-15,17,24,28H,6-7,10-13,16H2,1-2H3. The van der Waals surface area contributed by atoms with Crippen molar-refractivity contribution >= 4 is 34.1 Å². The summed E-state index contributed by atoms with van der Waals surface area (Å²) >= 11 is 6.11. The summed E-state index contributed by atoms with van der Waals surface area (Å²) in [5.74, 6) is 2.04. The molecule has 33 heavy (non-hydrogen) atoms. The van der Waals surface area contributed by atoms with Crippen LogP contribution in [0.3, 0.4) is 0 Å². The largest absolute Gasteiger partial charge is 0.483 e. The van der Waals surface area contributed by atoms with E-state index in [0.29, 0.717) is 11.7 Å². The van der Waals surface area contributed by atoms with Crippen molar-refractivity contribution < 1.29 is 14.3 Å². The number of amides is 1. The Morgan fingerprint density at radius 3 is 2.82 bits per heavy atom. The van der Waals surface area contributed by atoms with E-state index in [1.54, 1.807) is 19.0 Å². The first-order valence-electron chi connectivity index (χ1n) is 11.6. The predicted octanol–water partition coefficient (Wildman–Crippen LogP) is 4.90. The number of fused-ring (bicyclic) bond motifs is 2. The highest BCUT2D eigenvalue weighted by atomic mass is 35.5. The summed E-state index contributed by atoms with van der Waals surface area (Å²) in [6.45, 7) is 2.23. The molecule has 174 valence electrons. The van der Waals surface area contributed by atoms with Crippen molar-refractivity contribution in [2.24, 2.45) is 5.92 Å². The zero-order valence-corrected chi connectivity index (χ0v) is 19.9. The number of ether oxygens (including phenoxy) is 2. The second kappa shape index (κ2) is 9.18. The zero-order chi connectivity index (χ0) is 22.9. The number of aromatic nitrogens is 1. The molecule has 0 aliphatic carbocycles. The van der Waals surface area contributed by atoms with E-state index in [9.17, 15) is 4.79 Å². The van der Waals surface area contributed by atoms with Gasteiger partial charge in [-0.15, -0.1) is 0 Å². The van der Waals surface area contributed by atoms with Crippen LogP contribution in [0.4, 0.5) is 5.69 Å². The van der Waals surface area contributed by atoms with E-state index >= 15 is 0 Å². The maximum Gasteiger partial charge on any atom is 0.266 e. The summed E-state index contributed by atoms with van der Waals surface area (Å²) in [6, 6.07) is 12.0. The van der Waals surface area contributed by atoms with E-state index in [-0.39, 0.29) is 12.5 Å². The Labute approximate surface area is 199 Å². The lowest BCUT2D eigenvalue weighted by Crippen LogP contribution is -2.43. The summed E-state index contributed by atoms with van der Waals surface area (Å²) in [6.07, 6.45) is 6.10. The molecule has 7 heteroatoms. The molecule has 1 atom stereocenters. The number of anilines is 1. The van der Waals surface area contributed by atoms with Crippen LogP contribution in [0, 0.1) is 5.92 Å². The van der Waals surface area contributed by atoms with Crippen LogP contribution in [0.1, 0.15) is 24.8 Å². The molecule has 0 radical (unpaired) electrons. The summed E-state index contributed by atoms with van der Waals surface area (Å²) in [5.41, 5.74) is 3.54. The second-order valence-corrected chi connectivity index (χ2v) is 9.66. The summed E-state index contributed by atoms with van der Waals surface area (Å²) in [4.78, 5) is 19.5. The second-order valence-electron chi connectivity index (χ2n) is 9.23. The molecule has 1 saturated heterocycles. The first kappa shape index (κ1) is 22.0. The highest BCUT2D eigenvalue weighted by Gasteiger charge is 2.31. The number of likely N-dealkylation sites (N-methyl/N-ethyl adjacent to an activating group) is 1. The maximum atomic E-state index is 12.3. The van der Waals surface area contributed by atoms with Crippen molar-refractivity contribution in [3.8, 4) is 11.5 Å². The molecule has 0 saturated carbocycles. The highest BCUT2D eigenvalue weighted by molar-refractivity contribution is 6.31. The number of carbonyl (C=O) groups excluding carboxylic acids is 1. The number of carbonyl (C=O) groups is 1. The summed E-state index contributed by atoms with van der Waals surface area (Å²) < 4.78 is 12.0. The van der Waals surface area contributed by atoms with Gasteiger partial charge in [0.25, 0.3) is 5.91 Å². The van der Waals surface area contributed by atoms with Crippen molar-refractivity contribution in [1.29, 1.82) is 0 Å². The molecule has 0 spiro atoms. The number of benzene rings is 2. The van der Waals surface area contributed by atoms with E-state index in [1.807, 2.05) is 24.3 Å². The smallest absolute Gasteiger partial charge is 0.266 e. The average Bonchev–Trinajstić information content (AvgIpc) is 3.23. The molecule has 2 aliphatic heterocycles. The van der Waals surface area contributed by atoms with Gasteiger partial charge in [0.05, 0.1) is 5.69 Å². The number of H-pyrrole nitrogens is 1. The Morgan fingerprint density at radius 2 is 2.03 bits per heavy atom. The molecular formula is C26H30ClN3O3. The molecule has 5 rings (SSSR count). The number of aromatic amines is 1. The van der Waals surface area contributed by atoms with Gasteiger partial charge in [0, 0.05) is 49.3 Å². The SMILES string of the molecule is CN(C)C(=O)C1COc2c(cccc2N2CCC(CCc3c[nH]c4cc(Cl)ccc34)CC2)O1. The van der Waals surface area contributed by atoms with Crippen LogP contribution < -0.4 is 14.4 Å². The van der Waals surface area contributed by atoms with E-state index in [1.165, 1.54) is 17.4 Å². The molecule has 2 aliphatic rings. The number of nitrogens with zero attached hydrogens (tertiary/aromatic N) is 2. The Morgan fingerprint density at radius 1 is 1.21 bits per heavy atom. The molecule has 3 heterocycles. The fourth-order valence-corrected chi connectivity index (χ4v) is 5.11. The number of halogens is 1. The monoisotopic (exact) mass is 467 g/mol. The molecule has 1 fully saturated rings. The minimum Gasteiger partial charge on any atom is -0.483 e. The summed E-state index contributed by atoms with van der Waals surface area (Å²) in [5, 5.41) is 2.04. The Hall–Kier alpha value is -2.86. The summed E-state index contributed by atoms with van der Waals surface area (Å²) in [7, 11) is 3.46. The van der Waals surface area contributed by atoms with Crippen molar-refractivity contribution in [2.45, 2.75) is 31.8 Å².